The number of rotatable bonds is 6. The Hall–Kier alpha value is 0.110. The Bertz CT molecular complexity index is 357. The SMILES string of the molecule is CSC(C)CCNC(C)c1cc(Cl)ccc1Cl. The van der Waals surface area contributed by atoms with Crippen molar-refractivity contribution in [2.24, 2.45) is 0 Å². The van der Waals surface area contributed by atoms with Gasteiger partial charge in [-0.25, -0.2) is 0 Å². The quantitative estimate of drug-likeness (QED) is 0.809. The van der Waals surface area contributed by atoms with E-state index in [-0.39, 0.29) is 6.04 Å². The molecule has 0 fully saturated rings. The minimum absolute atomic E-state index is 0.232. The second-order valence-corrected chi connectivity index (χ2v) is 6.30. The third kappa shape index (κ3) is 5.09. The van der Waals surface area contributed by atoms with E-state index in [1.165, 1.54) is 0 Å². The van der Waals surface area contributed by atoms with Gasteiger partial charge >= 0.3 is 0 Å². The summed E-state index contributed by atoms with van der Waals surface area (Å²) in [6.45, 7) is 5.34. The Morgan fingerprint density at radius 1 is 1.29 bits per heavy atom. The molecule has 4 heteroatoms. The highest BCUT2D eigenvalue weighted by molar-refractivity contribution is 7.99. The molecule has 0 radical (unpaired) electrons. The van der Waals surface area contributed by atoms with Gasteiger partial charge in [0.05, 0.1) is 0 Å². The van der Waals surface area contributed by atoms with E-state index in [4.69, 9.17) is 23.2 Å². The number of benzene rings is 1. The van der Waals surface area contributed by atoms with E-state index >= 15 is 0 Å². The maximum atomic E-state index is 6.16. The van der Waals surface area contributed by atoms with Crippen molar-refractivity contribution in [2.75, 3.05) is 12.8 Å². The summed E-state index contributed by atoms with van der Waals surface area (Å²) in [7, 11) is 0. The van der Waals surface area contributed by atoms with Crippen LogP contribution in [0.25, 0.3) is 0 Å². The number of thioether (sulfide) groups is 1. The van der Waals surface area contributed by atoms with Gasteiger partial charge < -0.3 is 5.32 Å². The van der Waals surface area contributed by atoms with Crippen LogP contribution in [0.4, 0.5) is 0 Å². The number of nitrogens with one attached hydrogen (secondary N) is 1. The van der Waals surface area contributed by atoms with Crippen LogP contribution in [0.1, 0.15) is 31.9 Å². The van der Waals surface area contributed by atoms with Crippen LogP contribution >= 0.6 is 35.0 Å². The summed E-state index contributed by atoms with van der Waals surface area (Å²) in [6, 6.07) is 5.83. The molecule has 0 saturated carbocycles. The number of halogens is 2. The molecule has 2 unspecified atom stereocenters. The largest absolute Gasteiger partial charge is 0.310 e. The molecule has 0 aromatic heterocycles. The second kappa shape index (κ2) is 7.52. The van der Waals surface area contributed by atoms with E-state index < -0.39 is 0 Å². The van der Waals surface area contributed by atoms with Crippen LogP contribution in [0.15, 0.2) is 18.2 Å². The zero-order valence-electron chi connectivity index (χ0n) is 10.5. The molecule has 0 bridgehead atoms. The number of hydrogen-bond acceptors (Lipinski definition) is 2. The Balaban J connectivity index is 2.52. The van der Waals surface area contributed by atoms with Gasteiger partial charge in [0.1, 0.15) is 0 Å². The molecule has 1 aromatic rings. The Morgan fingerprint density at radius 3 is 2.65 bits per heavy atom. The van der Waals surface area contributed by atoms with Crippen molar-refractivity contribution in [3.05, 3.63) is 33.8 Å². The van der Waals surface area contributed by atoms with Gasteiger partial charge in [0, 0.05) is 21.3 Å². The van der Waals surface area contributed by atoms with Crippen LogP contribution in [0, 0.1) is 0 Å². The van der Waals surface area contributed by atoms with Crippen molar-refractivity contribution < 1.29 is 0 Å². The predicted molar refractivity (Wildman–Crippen MR) is 80.5 cm³/mol. The molecule has 1 nitrogen and oxygen atoms in total. The van der Waals surface area contributed by atoms with Crippen molar-refractivity contribution in [2.45, 2.75) is 31.6 Å². The predicted octanol–water partition coefficient (Wildman–Crippen LogP) is 4.79. The maximum Gasteiger partial charge on any atom is 0.0454 e. The lowest BCUT2D eigenvalue weighted by molar-refractivity contribution is 0.558. The Kier molecular flexibility index (Phi) is 6.71. The van der Waals surface area contributed by atoms with E-state index in [0.29, 0.717) is 5.25 Å². The first kappa shape index (κ1) is 15.2. The standard InChI is InChI=1S/C13H19Cl2NS/c1-9(17-3)6-7-16-10(2)12-8-11(14)4-5-13(12)15/h4-5,8-10,16H,6-7H2,1-3H3. The van der Waals surface area contributed by atoms with E-state index in [1.807, 2.05) is 30.0 Å². The summed E-state index contributed by atoms with van der Waals surface area (Å²) in [5.41, 5.74) is 1.07. The van der Waals surface area contributed by atoms with Gasteiger partial charge in [0.15, 0.2) is 0 Å². The van der Waals surface area contributed by atoms with Gasteiger partial charge in [-0.3, -0.25) is 0 Å². The molecule has 0 heterocycles. The molecule has 96 valence electrons. The van der Waals surface area contributed by atoms with Crippen LogP contribution in [0.3, 0.4) is 0 Å². The summed E-state index contributed by atoms with van der Waals surface area (Å²) >= 11 is 14.0. The molecule has 0 aliphatic heterocycles. The van der Waals surface area contributed by atoms with Crippen LogP contribution in [-0.4, -0.2) is 18.1 Å². The van der Waals surface area contributed by atoms with Gasteiger partial charge in [-0.2, -0.15) is 11.8 Å². The molecule has 17 heavy (non-hydrogen) atoms. The molecule has 0 aliphatic rings. The Morgan fingerprint density at radius 2 is 2.00 bits per heavy atom. The van der Waals surface area contributed by atoms with Gasteiger partial charge in [0.25, 0.3) is 0 Å². The highest BCUT2D eigenvalue weighted by atomic mass is 35.5. The van der Waals surface area contributed by atoms with Crippen molar-refractivity contribution in [1.82, 2.24) is 5.32 Å². The third-order valence-electron chi connectivity index (χ3n) is 2.83. The fraction of sp³-hybridized carbons (Fsp3) is 0.538. The molecule has 0 spiro atoms. The van der Waals surface area contributed by atoms with Crippen LogP contribution < -0.4 is 5.32 Å². The second-order valence-electron chi connectivity index (χ2n) is 4.18. The summed E-state index contributed by atoms with van der Waals surface area (Å²) in [6.07, 6.45) is 3.30. The minimum atomic E-state index is 0.232. The third-order valence-corrected chi connectivity index (χ3v) is 4.45. The van der Waals surface area contributed by atoms with Crippen molar-refractivity contribution in [1.29, 1.82) is 0 Å². The van der Waals surface area contributed by atoms with E-state index in [1.54, 1.807) is 0 Å². The maximum absolute atomic E-state index is 6.16. The zero-order chi connectivity index (χ0) is 12.8. The van der Waals surface area contributed by atoms with Gasteiger partial charge in [-0.05, 0) is 49.9 Å². The summed E-state index contributed by atoms with van der Waals surface area (Å²) in [5.74, 6) is 0. The van der Waals surface area contributed by atoms with Crippen molar-refractivity contribution in [3.8, 4) is 0 Å². The lowest BCUT2D eigenvalue weighted by Gasteiger charge is -2.17. The van der Waals surface area contributed by atoms with Crippen molar-refractivity contribution >= 4 is 35.0 Å². The molecule has 1 N–H and O–H groups in total. The fourth-order valence-corrected chi connectivity index (χ4v) is 2.39. The molecule has 0 amide bonds. The van der Waals surface area contributed by atoms with E-state index in [9.17, 15) is 0 Å². The molecule has 2 atom stereocenters. The summed E-state index contributed by atoms with van der Waals surface area (Å²) in [5, 5.41) is 5.66. The number of hydrogen-bond donors (Lipinski definition) is 1. The first-order valence-corrected chi connectivity index (χ1v) is 7.80. The van der Waals surface area contributed by atoms with Crippen LogP contribution in [-0.2, 0) is 0 Å². The molecule has 0 aliphatic carbocycles. The summed E-state index contributed by atoms with van der Waals surface area (Å²) in [4.78, 5) is 0. The Labute approximate surface area is 118 Å². The highest BCUT2D eigenvalue weighted by Crippen LogP contribution is 2.26. The van der Waals surface area contributed by atoms with Crippen molar-refractivity contribution in [3.63, 3.8) is 0 Å². The average molecular weight is 292 g/mol. The molecule has 1 rings (SSSR count). The first-order chi connectivity index (χ1) is 8.04. The lowest BCUT2D eigenvalue weighted by atomic mass is 10.1. The van der Waals surface area contributed by atoms with Crippen LogP contribution in [0.2, 0.25) is 10.0 Å². The van der Waals surface area contributed by atoms with Gasteiger partial charge in [0.2, 0.25) is 0 Å². The molecule has 0 saturated heterocycles. The topological polar surface area (TPSA) is 12.0 Å². The monoisotopic (exact) mass is 291 g/mol. The summed E-state index contributed by atoms with van der Waals surface area (Å²) < 4.78 is 0. The van der Waals surface area contributed by atoms with E-state index in [2.05, 4.69) is 25.4 Å². The molecular formula is C13H19Cl2NS. The van der Waals surface area contributed by atoms with Gasteiger partial charge in [-0.15, -0.1) is 0 Å². The average Bonchev–Trinajstić information content (AvgIpc) is 2.31. The van der Waals surface area contributed by atoms with E-state index in [0.717, 1.165) is 28.6 Å². The van der Waals surface area contributed by atoms with Crippen LogP contribution in [0.5, 0.6) is 0 Å². The highest BCUT2D eigenvalue weighted by Gasteiger charge is 2.10. The fourth-order valence-electron chi connectivity index (χ4n) is 1.58. The first-order valence-electron chi connectivity index (χ1n) is 5.75. The molecular weight excluding hydrogens is 273 g/mol. The lowest BCUT2D eigenvalue weighted by Crippen LogP contribution is -2.22. The zero-order valence-corrected chi connectivity index (χ0v) is 12.8. The minimum Gasteiger partial charge on any atom is -0.310 e. The molecule has 1 aromatic carbocycles. The van der Waals surface area contributed by atoms with Gasteiger partial charge in [-0.1, -0.05) is 30.1 Å². The normalized spacial score (nSPS) is 14.6. The smallest absolute Gasteiger partial charge is 0.0454 e.